The molecular formula is C18H28N2O3S. The minimum Gasteiger partial charge on any atom is -0.495 e. The molecule has 0 unspecified atom stereocenters. The van der Waals surface area contributed by atoms with Crippen LogP contribution in [0.3, 0.4) is 0 Å². The third-order valence-corrected chi connectivity index (χ3v) is 6.32. The second kappa shape index (κ2) is 7.85. The first-order valence-electron chi connectivity index (χ1n) is 8.90. The van der Waals surface area contributed by atoms with Gasteiger partial charge in [-0.05, 0) is 25.8 Å². The lowest BCUT2D eigenvalue weighted by atomic mass is 9.79. The number of amides is 1. The predicted molar refractivity (Wildman–Crippen MR) is 96.1 cm³/mol. The van der Waals surface area contributed by atoms with Crippen LogP contribution in [-0.4, -0.2) is 56.3 Å². The molecule has 24 heavy (non-hydrogen) atoms. The number of ether oxygens (including phenoxy) is 2. The lowest BCUT2D eigenvalue weighted by Crippen LogP contribution is -2.59. The summed E-state index contributed by atoms with van der Waals surface area (Å²) in [6.45, 7) is 6.25. The Hall–Kier alpha value is -1.11. The second-order valence-corrected chi connectivity index (χ2v) is 8.08. The van der Waals surface area contributed by atoms with Crippen molar-refractivity contribution in [3.05, 3.63) is 15.8 Å². The van der Waals surface area contributed by atoms with E-state index in [1.54, 1.807) is 7.11 Å². The van der Waals surface area contributed by atoms with Crippen molar-refractivity contribution in [1.82, 2.24) is 10.2 Å². The molecule has 1 aliphatic heterocycles. The summed E-state index contributed by atoms with van der Waals surface area (Å²) in [6.07, 6.45) is 6.11. The van der Waals surface area contributed by atoms with Crippen LogP contribution in [0.1, 0.15) is 46.7 Å². The van der Waals surface area contributed by atoms with Crippen molar-refractivity contribution in [3.63, 3.8) is 0 Å². The van der Waals surface area contributed by atoms with Crippen molar-refractivity contribution in [2.75, 3.05) is 40.0 Å². The molecule has 0 radical (unpaired) electrons. The van der Waals surface area contributed by atoms with Crippen LogP contribution >= 0.6 is 11.3 Å². The first kappa shape index (κ1) is 17.7. The van der Waals surface area contributed by atoms with Crippen LogP contribution in [-0.2, 0) is 4.74 Å². The van der Waals surface area contributed by atoms with E-state index < -0.39 is 0 Å². The Labute approximate surface area is 148 Å². The van der Waals surface area contributed by atoms with E-state index in [0.717, 1.165) is 44.0 Å². The summed E-state index contributed by atoms with van der Waals surface area (Å²) in [5.41, 5.74) is 0.0945. The zero-order chi connectivity index (χ0) is 17.0. The first-order valence-corrected chi connectivity index (χ1v) is 9.72. The summed E-state index contributed by atoms with van der Waals surface area (Å²) in [7, 11) is 1.62. The average molecular weight is 353 g/mol. The molecule has 1 aromatic rings. The van der Waals surface area contributed by atoms with E-state index >= 15 is 0 Å². The smallest absolute Gasteiger partial charge is 0.265 e. The maximum Gasteiger partial charge on any atom is 0.265 e. The molecule has 1 aliphatic carbocycles. The fourth-order valence-corrected chi connectivity index (χ4v) is 4.87. The maximum absolute atomic E-state index is 12.7. The van der Waals surface area contributed by atoms with Gasteiger partial charge in [0.05, 0.1) is 20.3 Å². The number of hydrogen-bond acceptors (Lipinski definition) is 5. The van der Waals surface area contributed by atoms with Gasteiger partial charge in [0.25, 0.3) is 5.91 Å². The summed E-state index contributed by atoms with van der Waals surface area (Å²) in [6, 6.07) is 1.93. The minimum atomic E-state index is -0.0110. The molecule has 1 amide bonds. The molecule has 3 rings (SSSR count). The van der Waals surface area contributed by atoms with Crippen molar-refractivity contribution < 1.29 is 14.3 Å². The lowest BCUT2D eigenvalue weighted by Gasteiger charge is -2.48. The summed E-state index contributed by atoms with van der Waals surface area (Å²) >= 11 is 1.50. The minimum absolute atomic E-state index is 0.0110. The highest BCUT2D eigenvalue weighted by Gasteiger charge is 2.39. The monoisotopic (exact) mass is 352 g/mol. The lowest BCUT2D eigenvalue weighted by molar-refractivity contribution is -0.0361. The molecule has 1 saturated carbocycles. The number of methoxy groups -OCH3 is 1. The van der Waals surface area contributed by atoms with E-state index in [1.165, 1.54) is 30.6 Å². The Balaban J connectivity index is 1.69. The van der Waals surface area contributed by atoms with Crippen LogP contribution in [0.4, 0.5) is 0 Å². The Morgan fingerprint density at radius 2 is 2.04 bits per heavy atom. The van der Waals surface area contributed by atoms with Crippen LogP contribution in [0, 0.1) is 6.92 Å². The van der Waals surface area contributed by atoms with Crippen molar-refractivity contribution in [2.24, 2.45) is 0 Å². The number of hydrogen-bond donors (Lipinski definition) is 1. The van der Waals surface area contributed by atoms with Crippen molar-refractivity contribution in [1.29, 1.82) is 0 Å². The number of nitrogens with zero attached hydrogens (tertiary/aromatic N) is 1. The number of rotatable bonds is 5. The van der Waals surface area contributed by atoms with E-state index in [9.17, 15) is 4.79 Å². The highest BCUT2D eigenvalue weighted by Crippen LogP contribution is 2.34. The molecule has 0 atom stereocenters. The number of carbonyl (C=O) groups excluding carboxylic acids is 1. The zero-order valence-electron chi connectivity index (χ0n) is 14.7. The van der Waals surface area contributed by atoms with Crippen molar-refractivity contribution in [3.8, 4) is 5.75 Å². The third kappa shape index (κ3) is 3.76. The molecular weight excluding hydrogens is 324 g/mol. The topological polar surface area (TPSA) is 50.8 Å². The number of thiophene rings is 1. The number of nitrogens with one attached hydrogen (secondary N) is 1. The standard InChI is InChI=1S/C18H28N2O3S/c1-14-12-15(22-2)16(24-14)17(21)19-13-18(6-4-3-5-7-18)20-8-10-23-11-9-20/h12H,3-11,13H2,1-2H3,(H,19,21). The quantitative estimate of drug-likeness (QED) is 0.885. The Morgan fingerprint density at radius 3 is 2.71 bits per heavy atom. The van der Waals surface area contributed by atoms with Gasteiger partial charge in [-0.2, -0.15) is 0 Å². The van der Waals surface area contributed by atoms with Gasteiger partial charge in [-0.1, -0.05) is 19.3 Å². The molecule has 134 valence electrons. The molecule has 6 heteroatoms. The molecule has 0 aromatic carbocycles. The second-order valence-electron chi connectivity index (χ2n) is 6.82. The van der Waals surface area contributed by atoms with E-state index in [1.807, 2.05) is 13.0 Å². The van der Waals surface area contributed by atoms with Crippen LogP contribution < -0.4 is 10.1 Å². The van der Waals surface area contributed by atoms with Gasteiger partial charge in [0.1, 0.15) is 10.6 Å². The molecule has 2 aliphatic rings. The summed E-state index contributed by atoms with van der Waals surface area (Å²) < 4.78 is 10.9. The van der Waals surface area contributed by atoms with Crippen molar-refractivity contribution in [2.45, 2.75) is 44.6 Å². The largest absolute Gasteiger partial charge is 0.495 e. The van der Waals surface area contributed by atoms with Crippen LogP contribution in [0.5, 0.6) is 5.75 Å². The van der Waals surface area contributed by atoms with Crippen LogP contribution in [0.2, 0.25) is 0 Å². The summed E-state index contributed by atoms with van der Waals surface area (Å²) in [4.78, 5) is 17.0. The van der Waals surface area contributed by atoms with Gasteiger partial charge in [0.2, 0.25) is 0 Å². The van der Waals surface area contributed by atoms with Crippen LogP contribution in [0.15, 0.2) is 6.07 Å². The molecule has 5 nitrogen and oxygen atoms in total. The fourth-order valence-electron chi connectivity index (χ4n) is 3.98. The average Bonchev–Trinajstić information content (AvgIpc) is 3.02. The van der Waals surface area contributed by atoms with Gasteiger partial charge >= 0.3 is 0 Å². The van der Waals surface area contributed by atoms with E-state index in [4.69, 9.17) is 9.47 Å². The first-order chi connectivity index (χ1) is 11.6. The summed E-state index contributed by atoms with van der Waals surface area (Å²) in [5.74, 6) is 0.669. The highest BCUT2D eigenvalue weighted by atomic mass is 32.1. The van der Waals surface area contributed by atoms with E-state index in [-0.39, 0.29) is 11.4 Å². The zero-order valence-corrected chi connectivity index (χ0v) is 15.5. The molecule has 0 bridgehead atoms. The number of aryl methyl sites for hydroxylation is 1. The van der Waals surface area contributed by atoms with Crippen LogP contribution in [0.25, 0.3) is 0 Å². The van der Waals surface area contributed by atoms with Gasteiger partial charge in [0.15, 0.2) is 0 Å². The van der Waals surface area contributed by atoms with E-state index in [2.05, 4.69) is 10.2 Å². The predicted octanol–water partition coefficient (Wildman–Crippen LogP) is 2.83. The fraction of sp³-hybridized carbons (Fsp3) is 0.722. The summed E-state index contributed by atoms with van der Waals surface area (Å²) in [5, 5.41) is 3.20. The van der Waals surface area contributed by atoms with Gasteiger partial charge in [-0.25, -0.2) is 0 Å². The van der Waals surface area contributed by atoms with E-state index in [0.29, 0.717) is 17.2 Å². The van der Waals surface area contributed by atoms with Gasteiger partial charge in [-0.15, -0.1) is 11.3 Å². The Bertz CT molecular complexity index is 561. The molecule has 0 spiro atoms. The third-order valence-electron chi connectivity index (χ3n) is 5.29. The molecule has 1 saturated heterocycles. The molecule has 1 N–H and O–H groups in total. The van der Waals surface area contributed by atoms with Crippen molar-refractivity contribution >= 4 is 17.2 Å². The Morgan fingerprint density at radius 1 is 1.33 bits per heavy atom. The molecule has 2 fully saturated rings. The van der Waals surface area contributed by atoms with Gasteiger partial charge in [-0.3, -0.25) is 9.69 Å². The Kier molecular flexibility index (Phi) is 5.79. The molecule has 2 heterocycles. The van der Waals surface area contributed by atoms with Gasteiger partial charge in [0, 0.05) is 30.1 Å². The SMILES string of the molecule is COc1cc(C)sc1C(=O)NCC1(N2CCOCC2)CCCCC1. The maximum atomic E-state index is 12.7. The number of morpholine rings is 1. The number of carbonyl (C=O) groups is 1. The highest BCUT2D eigenvalue weighted by molar-refractivity contribution is 7.14. The molecule has 1 aromatic heterocycles. The normalized spacial score (nSPS) is 21.4. The van der Waals surface area contributed by atoms with Gasteiger partial charge < -0.3 is 14.8 Å².